The lowest BCUT2D eigenvalue weighted by Crippen LogP contribution is -1.94. The van der Waals surface area contributed by atoms with Crippen LogP contribution in [-0.2, 0) is 0 Å². The van der Waals surface area contributed by atoms with Crippen molar-refractivity contribution in [2.24, 2.45) is 0 Å². The summed E-state index contributed by atoms with van der Waals surface area (Å²) < 4.78 is 0. The Balaban J connectivity index is 1.83. The quantitative estimate of drug-likeness (QED) is 0.503. The Bertz CT molecular complexity index is 949. The van der Waals surface area contributed by atoms with Gasteiger partial charge in [-0.15, -0.1) is 5.10 Å². The number of nitrogens with zero attached hydrogens (tertiary/aromatic N) is 4. The van der Waals surface area contributed by atoms with E-state index in [0.717, 1.165) is 22.3 Å². The Morgan fingerprint density at radius 1 is 1.04 bits per heavy atom. The van der Waals surface area contributed by atoms with Crippen LogP contribution in [0.5, 0.6) is 5.75 Å². The highest BCUT2D eigenvalue weighted by atomic mass is 16.3. The van der Waals surface area contributed by atoms with Crippen molar-refractivity contribution in [2.75, 3.05) is 5.32 Å². The van der Waals surface area contributed by atoms with Gasteiger partial charge in [-0.25, -0.2) is 9.97 Å². The number of hydrogen-bond acceptors (Lipinski definition) is 6. The number of aromatic nitrogens is 5. The Morgan fingerprint density at radius 3 is 2.61 bits per heavy atom. The molecular weight excluding hydrogens is 292 g/mol. The molecule has 4 rings (SSSR count). The maximum Gasteiger partial charge on any atom is 0.162 e. The van der Waals surface area contributed by atoms with E-state index < -0.39 is 0 Å². The van der Waals surface area contributed by atoms with Crippen LogP contribution in [0.15, 0.2) is 55.1 Å². The van der Waals surface area contributed by atoms with Gasteiger partial charge in [-0.2, -0.15) is 5.10 Å². The molecule has 0 radical (unpaired) electrons. The van der Waals surface area contributed by atoms with E-state index in [2.05, 4.69) is 30.5 Å². The summed E-state index contributed by atoms with van der Waals surface area (Å²) in [5.74, 6) is 0.805. The van der Waals surface area contributed by atoms with Crippen molar-refractivity contribution in [1.29, 1.82) is 0 Å². The van der Waals surface area contributed by atoms with E-state index in [1.54, 1.807) is 48.9 Å². The van der Waals surface area contributed by atoms with Gasteiger partial charge in [-0.05, 0) is 30.3 Å². The molecule has 0 spiro atoms. The van der Waals surface area contributed by atoms with Gasteiger partial charge in [0.15, 0.2) is 11.5 Å². The minimum atomic E-state index is 0.221. The van der Waals surface area contributed by atoms with Gasteiger partial charge in [0.25, 0.3) is 0 Å². The minimum absolute atomic E-state index is 0.221. The third-order valence-electron chi connectivity index (χ3n) is 3.43. The first-order valence-corrected chi connectivity index (χ1v) is 6.97. The lowest BCUT2D eigenvalue weighted by molar-refractivity contribution is 0.475. The number of nitrogens with one attached hydrogen (secondary N) is 2. The molecule has 7 nitrogen and oxygen atoms in total. The van der Waals surface area contributed by atoms with Gasteiger partial charge in [-0.3, -0.25) is 0 Å². The standard InChI is InChI=1S/C16H12N6O/c23-11-4-2-10(3-5-11)21-13-9-19-16-14(13)12(8-20-22-16)15-17-6-1-7-18-15/h1-9,21,23H,(H,19,22). The summed E-state index contributed by atoms with van der Waals surface area (Å²) in [5.41, 5.74) is 3.12. The van der Waals surface area contributed by atoms with Crippen molar-refractivity contribution >= 4 is 22.4 Å². The van der Waals surface area contributed by atoms with E-state index in [-0.39, 0.29) is 5.75 Å². The molecule has 3 N–H and O–H groups in total. The second-order valence-corrected chi connectivity index (χ2v) is 4.93. The molecule has 0 aliphatic carbocycles. The van der Waals surface area contributed by atoms with Crippen LogP contribution < -0.4 is 5.32 Å². The Hall–Kier alpha value is -3.48. The highest BCUT2D eigenvalue weighted by Crippen LogP contribution is 2.32. The van der Waals surface area contributed by atoms with Crippen LogP contribution in [0, 0.1) is 0 Å². The largest absolute Gasteiger partial charge is 0.508 e. The second kappa shape index (κ2) is 5.38. The van der Waals surface area contributed by atoms with Gasteiger partial charge >= 0.3 is 0 Å². The van der Waals surface area contributed by atoms with E-state index >= 15 is 0 Å². The lowest BCUT2D eigenvalue weighted by Gasteiger charge is -2.07. The number of phenols is 1. The summed E-state index contributed by atoms with van der Waals surface area (Å²) in [6.07, 6.45) is 6.84. The molecule has 0 amide bonds. The zero-order valence-electron chi connectivity index (χ0n) is 11.9. The Kier molecular flexibility index (Phi) is 3.09. The first kappa shape index (κ1) is 13.2. The fraction of sp³-hybridized carbons (Fsp3) is 0. The summed E-state index contributed by atoms with van der Waals surface area (Å²) in [5, 5.41) is 21.6. The number of aromatic amines is 1. The molecule has 0 bridgehead atoms. The van der Waals surface area contributed by atoms with Gasteiger partial charge in [0.2, 0.25) is 0 Å². The maximum atomic E-state index is 9.38. The summed E-state index contributed by atoms with van der Waals surface area (Å²) in [6, 6.07) is 8.60. The second-order valence-electron chi connectivity index (χ2n) is 4.93. The first-order valence-electron chi connectivity index (χ1n) is 6.97. The van der Waals surface area contributed by atoms with Gasteiger partial charge in [0.1, 0.15) is 5.75 Å². The number of phenolic OH excluding ortho intramolecular Hbond substituents is 1. The number of H-pyrrole nitrogens is 1. The number of fused-ring (bicyclic) bond motifs is 1. The Morgan fingerprint density at radius 2 is 1.83 bits per heavy atom. The molecule has 0 atom stereocenters. The topological polar surface area (TPSA) is 99.6 Å². The highest BCUT2D eigenvalue weighted by Gasteiger charge is 2.14. The normalized spacial score (nSPS) is 10.8. The summed E-state index contributed by atoms with van der Waals surface area (Å²) in [7, 11) is 0. The highest BCUT2D eigenvalue weighted by molar-refractivity contribution is 6.01. The van der Waals surface area contributed by atoms with Crippen LogP contribution in [-0.4, -0.2) is 30.3 Å². The fourth-order valence-corrected chi connectivity index (χ4v) is 2.38. The van der Waals surface area contributed by atoms with Crippen LogP contribution in [0.25, 0.3) is 22.4 Å². The third-order valence-corrected chi connectivity index (χ3v) is 3.43. The average Bonchev–Trinajstić information content (AvgIpc) is 3.01. The first-order chi connectivity index (χ1) is 11.3. The van der Waals surface area contributed by atoms with Gasteiger partial charge < -0.3 is 15.4 Å². The number of anilines is 2. The van der Waals surface area contributed by atoms with E-state index in [4.69, 9.17) is 0 Å². The van der Waals surface area contributed by atoms with Gasteiger partial charge in [0, 0.05) is 24.3 Å². The van der Waals surface area contributed by atoms with Crippen molar-refractivity contribution < 1.29 is 5.11 Å². The predicted octanol–water partition coefficient (Wildman–Crippen LogP) is 2.86. The summed E-state index contributed by atoms with van der Waals surface area (Å²) >= 11 is 0. The fourth-order valence-electron chi connectivity index (χ4n) is 2.38. The SMILES string of the molecule is Oc1ccc(Nc2c[nH]c3nncc(-c4ncccn4)c23)cc1. The average molecular weight is 304 g/mol. The summed E-state index contributed by atoms with van der Waals surface area (Å²) in [6.45, 7) is 0. The molecule has 0 saturated heterocycles. The van der Waals surface area contributed by atoms with Gasteiger partial charge in [-0.1, -0.05) is 0 Å². The van der Waals surface area contributed by atoms with E-state index in [1.807, 2.05) is 6.20 Å². The smallest absolute Gasteiger partial charge is 0.162 e. The molecular formula is C16H12N6O. The van der Waals surface area contributed by atoms with E-state index in [0.29, 0.717) is 11.5 Å². The maximum absolute atomic E-state index is 9.38. The molecule has 0 aliphatic rings. The molecule has 0 saturated carbocycles. The molecule has 0 unspecified atom stereocenters. The predicted molar refractivity (Wildman–Crippen MR) is 86.3 cm³/mol. The molecule has 0 fully saturated rings. The molecule has 1 aromatic carbocycles. The summed E-state index contributed by atoms with van der Waals surface area (Å²) in [4.78, 5) is 11.7. The van der Waals surface area contributed by atoms with Gasteiger partial charge in [0.05, 0.1) is 22.8 Å². The minimum Gasteiger partial charge on any atom is -0.508 e. The molecule has 3 aromatic heterocycles. The number of benzene rings is 1. The van der Waals surface area contributed by atoms with E-state index in [1.165, 1.54) is 0 Å². The lowest BCUT2D eigenvalue weighted by atomic mass is 10.1. The van der Waals surface area contributed by atoms with Crippen molar-refractivity contribution in [1.82, 2.24) is 25.1 Å². The number of hydrogen-bond donors (Lipinski definition) is 3. The Labute approximate surface area is 131 Å². The molecule has 7 heteroatoms. The van der Waals surface area contributed by atoms with Crippen molar-refractivity contribution in [3.8, 4) is 17.1 Å². The van der Waals surface area contributed by atoms with Crippen LogP contribution in [0.3, 0.4) is 0 Å². The van der Waals surface area contributed by atoms with E-state index in [9.17, 15) is 5.11 Å². The molecule has 3 heterocycles. The molecule has 4 aromatic rings. The van der Waals surface area contributed by atoms with Crippen LogP contribution in [0.1, 0.15) is 0 Å². The van der Waals surface area contributed by atoms with Crippen molar-refractivity contribution in [3.63, 3.8) is 0 Å². The van der Waals surface area contributed by atoms with Crippen LogP contribution in [0.4, 0.5) is 11.4 Å². The zero-order chi connectivity index (χ0) is 15.6. The van der Waals surface area contributed by atoms with Crippen LogP contribution >= 0.6 is 0 Å². The van der Waals surface area contributed by atoms with Crippen molar-refractivity contribution in [2.45, 2.75) is 0 Å². The molecule has 112 valence electrons. The zero-order valence-corrected chi connectivity index (χ0v) is 11.9. The van der Waals surface area contributed by atoms with Crippen molar-refractivity contribution in [3.05, 3.63) is 55.1 Å². The number of aromatic hydroxyl groups is 1. The number of rotatable bonds is 3. The van der Waals surface area contributed by atoms with Crippen LogP contribution in [0.2, 0.25) is 0 Å². The molecule has 23 heavy (non-hydrogen) atoms. The monoisotopic (exact) mass is 304 g/mol. The molecule has 0 aliphatic heterocycles. The third kappa shape index (κ3) is 2.44.